The highest BCUT2D eigenvalue weighted by atomic mass is 32.2. The smallest absolute Gasteiger partial charge is 0.175 e. The molecule has 132 valence electrons. The van der Waals surface area contributed by atoms with Crippen LogP contribution in [-0.4, -0.2) is 34.3 Å². The van der Waals surface area contributed by atoms with E-state index in [1.54, 1.807) is 43.1 Å². The van der Waals surface area contributed by atoms with Crippen molar-refractivity contribution in [2.45, 2.75) is 17.7 Å². The van der Waals surface area contributed by atoms with Crippen molar-refractivity contribution in [1.82, 2.24) is 19.6 Å². The molecule has 0 atom stereocenters. The molecule has 3 heterocycles. The Balaban J connectivity index is 1.69. The molecule has 8 heteroatoms. The molecule has 0 bridgehead atoms. The van der Waals surface area contributed by atoms with Crippen LogP contribution in [0, 0.1) is 0 Å². The van der Waals surface area contributed by atoms with Gasteiger partial charge >= 0.3 is 0 Å². The van der Waals surface area contributed by atoms with Crippen LogP contribution >= 0.6 is 0 Å². The standard InChI is InChI=1S/C18H16N4O3S/c1-26(23,24)15-7-4-13(5-8-15)16-11-19-17(22-12-20-21-18(16)22)9-6-14-3-2-10-25-14/h2-5,7-8,10-12H,6,9H2,1H3. The van der Waals surface area contributed by atoms with Gasteiger partial charge in [-0.15, -0.1) is 10.2 Å². The van der Waals surface area contributed by atoms with Crippen LogP contribution < -0.4 is 0 Å². The van der Waals surface area contributed by atoms with Crippen LogP contribution in [0.25, 0.3) is 16.8 Å². The predicted octanol–water partition coefficient (Wildman–Crippen LogP) is 2.57. The highest BCUT2D eigenvalue weighted by molar-refractivity contribution is 7.90. The lowest BCUT2D eigenvalue weighted by Gasteiger charge is -2.08. The lowest BCUT2D eigenvalue weighted by molar-refractivity contribution is 0.506. The molecule has 0 saturated carbocycles. The number of nitrogens with zero attached hydrogens (tertiary/aromatic N) is 4. The Hall–Kier alpha value is -3.00. The second kappa shape index (κ2) is 6.38. The minimum Gasteiger partial charge on any atom is -0.469 e. The molecule has 0 aliphatic heterocycles. The van der Waals surface area contributed by atoms with E-state index in [0.29, 0.717) is 12.1 Å². The number of benzene rings is 1. The van der Waals surface area contributed by atoms with E-state index in [4.69, 9.17) is 4.42 Å². The number of hydrogen-bond donors (Lipinski definition) is 0. The average Bonchev–Trinajstić information content (AvgIpc) is 3.31. The zero-order chi connectivity index (χ0) is 18.1. The second-order valence-electron chi connectivity index (χ2n) is 5.99. The molecule has 0 aliphatic rings. The molecular formula is C18H16N4O3S. The van der Waals surface area contributed by atoms with Gasteiger partial charge in [0.05, 0.1) is 11.2 Å². The summed E-state index contributed by atoms with van der Waals surface area (Å²) in [4.78, 5) is 4.83. The minimum absolute atomic E-state index is 0.279. The van der Waals surface area contributed by atoms with E-state index in [-0.39, 0.29) is 4.90 Å². The van der Waals surface area contributed by atoms with Crippen molar-refractivity contribution in [3.63, 3.8) is 0 Å². The first kappa shape index (κ1) is 16.5. The van der Waals surface area contributed by atoms with Crippen molar-refractivity contribution in [3.8, 4) is 11.1 Å². The van der Waals surface area contributed by atoms with E-state index in [1.165, 1.54) is 6.26 Å². The van der Waals surface area contributed by atoms with E-state index < -0.39 is 9.84 Å². The molecule has 1 aromatic carbocycles. The topological polar surface area (TPSA) is 90.4 Å². The average molecular weight is 368 g/mol. The van der Waals surface area contributed by atoms with Crippen LogP contribution in [0.5, 0.6) is 0 Å². The number of aryl methyl sites for hydroxylation is 2. The summed E-state index contributed by atoms with van der Waals surface area (Å²) in [6, 6.07) is 10.5. The van der Waals surface area contributed by atoms with E-state index >= 15 is 0 Å². The van der Waals surface area contributed by atoms with Gasteiger partial charge in [-0.25, -0.2) is 13.4 Å². The summed E-state index contributed by atoms with van der Waals surface area (Å²) in [6.07, 6.45) is 7.64. The molecule has 4 aromatic rings. The van der Waals surface area contributed by atoms with Crippen LogP contribution in [0.2, 0.25) is 0 Å². The molecule has 3 aromatic heterocycles. The molecule has 0 spiro atoms. The lowest BCUT2D eigenvalue weighted by atomic mass is 10.1. The second-order valence-corrected chi connectivity index (χ2v) is 8.00. The molecule has 0 aliphatic carbocycles. The van der Waals surface area contributed by atoms with Crippen molar-refractivity contribution in [2.75, 3.05) is 6.26 Å². The van der Waals surface area contributed by atoms with Gasteiger partial charge in [0, 0.05) is 30.9 Å². The molecule has 0 amide bonds. The number of furan rings is 1. The van der Waals surface area contributed by atoms with Gasteiger partial charge < -0.3 is 4.42 Å². The summed E-state index contributed by atoms with van der Waals surface area (Å²) < 4.78 is 30.5. The van der Waals surface area contributed by atoms with Crippen molar-refractivity contribution < 1.29 is 12.8 Å². The molecule has 0 saturated heterocycles. The van der Waals surface area contributed by atoms with Crippen molar-refractivity contribution in [2.24, 2.45) is 0 Å². The Bertz CT molecular complexity index is 1150. The van der Waals surface area contributed by atoms with Crippen LogP contribution in [0.3, 0.4) is 0 Å². The quantitative estimate of drug-likeness (QED) is 0.538. The summed E-state index contributed by atoms with van der Waals surface area (Å²) >= 11 is 0. The predicted molar refractivity (Wildman–Crippen MR) is 95.4 cm³/mol. The van der Waals surface area contributed by atoms with Crippen LogP contribution in [0.15, 0.2) is 64.5 Å². The molecule has 0 radical (unpaired) electrons. The zero-order valence-electron chi connectivity index (χ0n) is 14.0. The Morgan fingerprint density at radius 3 is 2.62 bits per heavy atom. The fraction of sp³-hybridized carbons (Fsp3) is 0.167. The van der Waals surface area contributed by atoms with Crippen molar-refractivity contribution in [1.29, 1.82) is 0 Å². The first-order valence-corrected chi connectivity index (χ1v) is 9.92. The Labute approximate surface area is 150 Å². The number of rotatable bonds is 5. The van der Waals surface area contributed by atoms with Gasteiger partial charge in [0.1, 0.15) is 17.9 Å². The summed E-state index contributed by atoms with van der Waals surface area (Å²) in [5, 5.41) is 8.21. The number of sulfone groups is 1. The van der Waals surface area contributed by atoms with Gasteiger partial charge in [0.15, 0.2) is 15.5 Å². The third-order valence-corrected chi connectivity index (χ3v) is 5.31. The molecule has 0 N–H and O–H groups in total. The molecule has 26 heavy (non-hydrogen) atoms. The van der Waals surface area contributed by atoms with Gasteiger partial charge in [-0.1, -0.05) is 12.1 Å². The van der Waals surface area contributed by atoms with Crippen LogP contribution in [-0.2, 0) is 22.7 Å². The minimum atomic E-state index is -3.23. The maximum atomic E-state index is 11.6. The third kappa shape index (κ3) is 3.11. The van der Waals surface area contributed by atoms with Gasteiger partial charge in [-0.3, -0.25) is 4.40 Å². The number of hydrogen-bond acceptors (Lipinski definition) is 6. The van der Waals surface area contributed by atoms with Gasteiger partial charge in [0.25, 0.3) is 0 Å². The number of aromatic nitrogens is 4. The summed E-state index contributed by atoms with van der Waals surface area (Å²) in [5.41, 5.74) is 2.31. The van der Waals surface area contributed by atoms with E-state index in [0.717, 1.165) is 29.1 Å². The largest absolute Gasteiger partial charge is 0.469 e. The Morgan fingerprint density at radius 1 is 1.12 bits per heavy atom. The highest BCUT2D eigenvalue weighted by Crippen LogP contribution is 2.25. The molecule has 4 rings (SSSR count). The Kier molecular flexibility index (Phi) is 4.04. The first-order chi connectivity index (χ1) is 12.5. The van der Waals surface area contributed by atoms with Gasteiger partial charge in [-0.2, -0.15) is 0 Å². The van der Waals surface area contributed by atoms with Crippen molar-refractivity contribution in [3.05, 3.63) is 66.8 Å². The third-order valence-electron chi connectivity index (χ3n) is 4.18. The van der Waals surface area contributed by atoms with E-state index in [9.17, 15) is 8.42 Å². The van der Waals surface area contributed by atoms with Crippen LogP contribution in [0.1, 0.15) is 11.6 Å². The summed E-state index contributed by atoms with van der Waals surface area (Å²) in [5.74, 6) is 1.73. The van der Waals surface area contributed by atoms with E-state index in [2.05, 4.69) is 15.2 Å². The molecule has 0 unspecified atom stereocenters. The summed E-state index contributed by atoms with van der Waals surface area (Å²) in [7, 11) is -3.23. The fourth-order valence-corrected chi connectivity index (χ4v) is 3.46. The van der Waals surface area contributed by atoms with Gasteiger partial charge in [-0.05, 0) is 29.8 Å². The summed E-state index contributed by atoms with van der Waals surface area (Å²) in [6.45, 7) is 0. The van der Waals surface area contributed by atoms with Gasteiger partial charge in [0.2, 0.25) is 0 Å². The zero-order valence-corrected chi connectivity index (χ0v) is 14.8. The normalized spacial score (nSPS) is 11.9. The highest BCUT2D eigenvalue weighted by Gasteiger charge is 2.13. The molecule has 0 fully saturated rings. The fourth-order valence-electron chi connectivity index (χ4n) is 2.83. The van der Waals surface area contributed by atoms with Crippen molar-refractivity contribution >= 4 is 15.5 Å². The monoisotopic (exact) mass is 368 g/mol. The maximum absolute atomic E-state index is 11.6. The van der Waals surface area contributed by atoms with Crippen LogP contribution in [0.4, 0.5) is 0 Å². The maximum Gasteiger partial charge on any atom is 0.175 e. The lowest BCUT2D eigenvalue weighted by Crippen LogP contribution is -2.03. The number of fused-ring (bicyclic) bond motifs is 1. The SMILES string of the molecule is CS(=O)(=O)c1ccc(-c2cnc(CCc3ccco3)n3cnnc23)cc1. The molecular weight excluding hydrogens is 352 g/mol. The Morgan fingerprint density at radius 2 is 1.92 bits per heavy atom. The first-order valence-electron chi connectivity index (χ1n) is 8.03. The molecule has 7 nitrogen and oxygen atoms in total. The van der Waals surface area contributed by atoms with E-state index in [1.807, 2.05) is 16.5 Å².